The van der Waals surface area contributed by atoms with Gasteiger partial charge in [-0.05, 0) is 30.2 Å². The third kappa shape index (κ3) is 3.29. The van der Waals surface area contributed by atoms with Crippen LogP contribution in [0.4, 0.5) is 0 Å². The highest BCUT2D eigenvalue weighted by atomic mass is 32.2. The number of rotatable bonds is 5. The van der Waals surface area contributed by atoms with Crippen molar-refractivity contribution in [2.24, 2.45) is 5.73 Å². The van der Waals surface area contributed by atoms with Crippen LogP contribution in [0.2, 0.25) is 0 Å². The molecule has 0 spiro atoms. The number of β-lactam (4-membered cyclic amide) rings is 1. The van der Waals surface area contributed by atoms with E-state index < -0.39 is 12.0 Å². The molecule has 0 saturated carbocycles. The lowest BCUT2D eigenvalue weighted by molar-refractivity contribution is -0.151. The zero-order chi connectivity index (χ0) is 18.0. The zero-order valence-electron chi connectivity index (χ0n) is 14.1. The van der Waals surface area contributed by atoms with E-state index in [1.807, 2.05) is 31.2 Å². The lowest BCUT2D eigenvalue weighted by Gasteiger charge is -2.48. The molecule has 1 saturated heterocycles. The number of nitrogens with two attached hydrogens (primary N) is 1. The summed E-state index contributed by atoms with van der Waals surface area (Å²) in [6.07, 6.45) is 3.68. The van der Waals surface area contributed by atoms with E-state index in [4.69, 9.17) is 15.2 Å². The van der Waals surface area contributed by atoms with Crippen LogP contribution in [0.1, 0.15) is 12.5 Å². The molecule has 3 rings (SSSR count). The fraction of sp³-hybridized carbons (Fsp3) is 0.333. The standard InChI is InChI=1S/C18H20N2O4S/c1-3-4-12-10-25-17-14(19)16(21)20(17)15(12)18(22)24-9-11-5-7-13(23-2)8-6-11/h3-8,14,17H,9-10,19H2,1-2H3/b4-3-/t14-,17-/m1/s1. The fourth-order valence-corrected chi connectivity index (χ4v) is 4.06. The van der Waals surface area contributed by atoms with Crippen LogP contribution >= 0.6 is 11.8 Å². The summed E-state index contributed by atoms with van der Waals surface area (Å²) in [4.78, 5) is 26.2. The molecule has 2 heterocycles. The van der Waals surface area contributed by atoms with Crippen LogP contribution in [0.3, 0.4) is 0 Å². The molecule has 2 aliphatic heterocycles. The maximum atomic E-state index is 12.6. The van der Waals surface area contributed by atoms with E-state index in [1.54, 1.807) is 31.0 Å². The number of carbonyl (C=O) groups excluding carboxylic acids is 2. The van der Waals surface area contributed by atoms with E-state index >= 15 is 0 Å². The second-order valence-corrected chi connectivity index (χ2v) is 6.84. The first-order chi connectivity index (χ1) is 12.1. The van der Waals surface area contributed by atoms with Gasteiger partial charge in [-0.1, -0.05) is 24.3 Å². The number of fused-ring (bicyclic) bond motifs is 1. The summed E-state index contributed by atoms with van der Waals surface area (Å²) in [6.45, 7) is 2.00. The van der Waals surface area contributed by atoms with Crippen molar-refractivity contribution in [3.8, 4) is 5.75 Å². The normalized spacial score (nSPS) is 22.7. The summed E-state index contributed by atoms with van der Waals surface area (Å²) in [5, 5.41) is -0.190. The van der Waals surface area contributed by atoms with Gasteiger partial charge in [-0.25, -0.2) is 4.79 Å². The SMILES string of the molecule is C/C=C\C1=C(C(=O)OCc2ccc(OC)cc2)N2C(=O)[C@@H](N)[C@H]2SC1. The van der Waals surface area contributed by atoms with Crippen LogP contribution in [0, 0.1) is 0 Å². The van der Waals surface area contributed by atoms with Gasteiger partial charge in [0.15, 0.2) is 0 Å². The Morgan fingerprint density at radius 2 is 2.12 bits per heavy atom. The van der Waals surface area contributed by atoms with Gasteiger partial charge in [0, 0.05) is 5.75 Å². The van der Waals surface area contributed by atoms with Gasteiger partial charge >= 0.3 is 5.97 Å². The minimum absolute atomic E-state index is 0.126. The molecule has 25 heavy (non-hydrogen) atoms. The number of carbonyl (C=O) groups is 2. The Kier molecular flexibility index (Phi) is 5.15. The molecule has 0 unspecified atom stereocenters. The van der Waals surface area contributed by atoms with Gasteiger partial charge in [0.05, 0.1) is 7.11 Å². The van der Waals surface area contributed by atoms with Crippen LogP contribution in [-0.2, 0) is 20.9 Å². The Bertz CT molecular complexity index is 742. The van der Waals surface area contributed by atoms with Gasteiger partial charge in [-0.2, -0.15) is 0 Å². The lowest BCUT2D eigenvalue weighted by atomic mass is 10.0. The minimum Gasteiger partial charge on any atom is -0.497 e. The van der Waals surface area contributed by atoms with Gasteiger partial charge in [0.1, 0.15) is 29.5 Å². The quantitative estimate of drug-likeness (QED) is 0.637. The largest absolute Gasteiger partial charge is 0.497 e. The van der Waals surface area contributed by atoms with Crippen molar-refractivity contribution >= 4 is 23.6 Å². The van der Waals surface area contributed by atoms with Gasteiger partial charge in [-0.15, -0.1) is 11.8 Å². The third-order valence-corrected chi connectivity index (χ3v) is 5.45. The molecule has 132 valence electrons. The average Bonchev–Trinajstić information content (AvgIpc) is 2.65. The van der Waals surface area contributed by atoms with Gasteiger partial charge in [-0.3, -0.25) is 9.69 Å². The molecule has 6 nitrogen and oxygen atoms in total. The number of methoxy groups -OCH3 is 1. The zero-order valence-corrected chi connectivity index (χ0v) is 14.9. The highest BCUT2D eigenvalue weighted by Crippen LogP contribution is 2.40. The van der Waals surface area contributed by atoms with Crippen molar-refractivity contribution in [3.63, 3.8) is 0 Å². The molecule has 0 aromatic heterocycles. The summed E-state index contributed by atoms with van der Waals surface area (Å²) in [6, 6.07) is 6.72. The predicted octanol–water partition coefficient (Wildman–Crippen LogP) is 1.81. The first-order valence-corrected chi connectivity index (χ1v) is 8.98. The van der Waals surface area contributed by atoms with E-state index in [1.165, 1.54) is 4.90 Å². The number of ether oxygens (including phenoxy) is 2. The van der Waals surface area contributed by atoms with Gasteiger partial charge in [0.25, 0.3) is 0 Å². The molecule has 1 fully saturated rings. The van der Waals surface area contributed by atoms with Crippen molar-refractivity contribution in [1.82, 2.24) is 4.90 Å². The molecule has 7 heteroatoms. The Morgan fingerprint density at radius 1 is 1.40 bits per heavy atom. The van der Waals surface area contributed by atoms with E-state index in [9.17, 15) is 9.59 Å². The number of hydrogen-bond donors (Lipinski definition) is 1. The van der Waals surface area contributed by atoms with Crippen molar-refractivity contribution in [2.75, 3.05) is 12.9 Å². The highest BCUT2D eigenvalue weighted by Gasteiger charge is 2.51. The summed E-state index contributed by atoms with van der Waals surface area (Å²) < 4.78 is 10.5. The molecule has 0 bridgehead atoms. The summed E-state index contributed by atoms with van der Waals surface area (Å²) >= 11 is 1.56. The third-order valence-electron chi connectivity index (χ3n) is 4.13. The van der Waals surface area contributed by atoms with Crippen LogP contribution < -0.4 is 10.5 Å². The van der Waals surface area contributed by atoms with Gasteiger partial charge < -0.3 is 15.2 Å². The van der Waals surface area contributed by atoms with Crippen molar-refractivity contribution in [1.29, 1.82) is 0 Å². The Hall–Kier alpha value is -2.25. The topological polar surface area (TPSA) is 81.9 Å². The Labute approximate surface area is 150 Å². The lowest BCUT2D eigenvalue weighted by Crippen LogP contribution is -2.68. The Morgan fingerprint density at radius 3 is 2.76 bits per heavy atom. The van der Waals surface area contributed by atoms with Crippen LogP contribution in [0.15, 0.2) is 47.7 Å². The van der Waals surface area contributed by atoms with Crippen molar-refractivity contribution < 1.29 is 19.1 Å². The fourth-order valence-electron chi connectivity index (χ4n) is 2.80. The summed E-state index contributed by atoms with van der Waals surface area (Å²) in [5.74, 6) is 0.616. The number of thioether (sulfide) groups is 1. The van der Waals surface area contributed by atoms with Gasteiger partial charge in [0.2, 0.25) is 5.91 Å². The second-order valence-electron chi connectivity index (χ2n) is 5.73. The van der Waals surface area contributed by atoms with E-state index in [-0.39, 0.29) is 17.9 Å². The number of hydrogen-bond acceptors (Lipinski definition) is 6. The van der Waals surface area contributed by atoms with E-state index in [2.05, 4.69) is 0 Å². The Balaban J connectivity index is 1.76. The number of esters is 1. The molecule has 0 aliphatic carbocycles. The van der Waals surface area contributed by atoms with Crippen LogP contribution in [-0.4, -0.2) is 41.1 Å². The maximum absolute atomic E-state index is 12.6. The second kappa shape index (κ2) is 7.33. The molecular weight excluding hydrogens is 340 g/mol. The van der Waals surface area contributed by atoms with Crippen molar-refractivity contribution in [2.45, 2.75) is 24.9 Å². The molecule has 2 atom stereocenters. The average molecular weight is 360 g/mol. The molecule has 1 aromatic rings. The van der Waals surface area contributed by atoms with Crippen molar-refractivity contribution in [3.05, 3.63) is 53.3 Å². The number of amides is 1. The molecule has 0 radical (unpaired) electrons. The van der Waals surface area contributed by atoms with E-state index in [0.29, 0.717) is 11.4 Å². The molecule has 2 N–H and O–H groups in total. The number of allylic oxidation sites excluding steroid dienone is 2. The molecule has 1 amide bonds. The molecule has 1 aromatic carbocycles. The molecule has 2 aliphatic rings. The minimum atomic E-state index is -0.554. The van der Waals surface area contributed by atoms with E-state index in [0.717, 1.165) is 16.9 Å². The van der Waals surface area contributed by atoms with Crippen LogP contribution in [0.25, 0.3) is 0 Å². The molecular formula is C18H20N2O4S. The monoisotopic (exact) mass is 360 g/mol. The van der Waals surface area contributed by atoms with Crippen LogP contribution in [0.5, 0.6) is 5.75 Å². The first-order valence-electron chi connectivity index (χ1n) is 7.93. The number of nitrogens with zero attached hydrogens (tertiary/aromatic N) is 1. The predicted molar refractivity (Wildman–Crippen MR) is 95.7 cm³/mol. The number of benzene rings is 1. The maximum Gasteiger partial charge on any atom is 0.355 e. The summed E-state index contributed by atoms with van der Waals surface area (Å²) in [7, 11) is 1.59. The highest BCUT2D eigenvalue weighted by molar-refractivity contribution is 8.00. The smallest absolute Gasteiger partial charge is 0.355 e. The summed E-state index contributed by atoms with van der Waals surface area (Å²) in [5.41, 5.74) is 7.77. The first kappa shape index (κ1) is 17.6.